The average molecular weight is 256 g/mol. The lowest BCUT2D eigenvalue weighted by Gasteiger charge is -1.94. The number of halogens is 1. The van der Waals surface area contributed by atoms with Crippen molar-refractivity contribution in [1.29, 1.82) is 0 Å². The van der Waals surface area contributed by atoms with E-state index in [1.54, 1.807) is 0 Å². The van der Waals surface area contributed by atoms with Crippen LogP contribution in [0.3, 0.4) is 0 Å². The van der Waals surface area contributed by atoms with Crippen molar-refractivity contribution in [1.82, 2.24) is 0 Å². The molecule has 1 aromatic rings. The average Bonchev–Trinajstić information content (AvgIpc) is 2.07. The molecule has 0 unspecified atom stereocenters. The van der Waals surface area contributed by atoms with Crippen molar-refractivity contribution in [3.63, 3.8) is 0 Å². The minimum atomic E-state index is 1.18. The van der Waals surface area contributed by atoms with Crippen molar-refractivity contribution in [2.75, 3.05) is 0 Å². The van der Waals surface area contributed by atoms with Crippen molar-refractivity contribution in [2.45, 2.75) is 6.92 Å². The fourth-order valence-corrected chi connectivity index (χ4v) is 1.32. The van der Waals surface area contributed by atoms with Crippen LogP contribution in [0.25, 0.3) is 5.57 Å². The summed E-state index contributed by atoms with van der Waals surface area (Å²) in [6.45, 7) is 2.06. The van der Waals surface area contributed by atoms with E-state index in [9.17, 15) is 0 Å². The minimum absolute atomic E-state index is 1.18. The summed E-state index contributed by atoms with van der Waals surface area (Å²) in [4.78, 5) is 0. The molecule has 0 saturated heterocycles. The summed E-state index contributed by atoms with van der Waals surface area (Å²) in [5, 5.41) is 0. The van der Waals surface area contributed by atoms with Crippen molar-refractivity contribution >= 4 is 28.2 Å². The summed E-state index contributed by atoms with van der Waals surface area (Å²) in [6, 6.07) is 10.3. The van der Waals surface area contributed by atoms with Gasteiger partial charge in [0.25, 0.3) is 0 Å². The molecule has 0 amide bonds. The fourth-order valence-electron chi connectivity index (χ4n) is 0.853. The lowest BCUT2D eigenvalue weighted by Crippen LogP contribution is -1.73. The van der Waals surface area contributed by atoms with Crippen LogP contribution < -0.4 is 0 Å². The van der Waals surface area contributed by atoms with Gasteiger partial charge in [-0.1, -0.05) is 30.3 Å². The van der Waals surface area contributed by atoms with Gasteiger partial charge in [0, 0.05) is 4.08 Å². The molecule has 1 aromatic carbocycles. The van der Waals surface area contributed by atoms with Gasteiger partial charge in [-0.15, -0.1) is 5.73 Å². The van der Waals surface area contributed by atoms with Gasteiger partial charge in [0.15, 0.2) is 0 Å². The zero-order chi connectivity index (χ0) is 8.10. The van der Waals surface area contributed by atoms with Crippen molar-refractivity contribution in [2.24, 2.45) is 0 Å². The van der Waals surface area contributed by atoms with Gasteiger partial charge in [-0.25, -0.2) is 0 Å². The zero-order valence-corrected chi connectivity index (χ0v) is 8.50. The molecule has 11 heavy (non-hydrogen) atoms. The second kappa shape index (κ2) is 4.37. The summed E-state index contributed by atoms with van der Waals surface area (Å²) in [7, 11) is 0. The predicted octanol–water partition coefficient (Wildman–Crippen LogP) is 3.64. The van der Waals surface area contributed by atoms with E-state index >= 15 is 0 Å². The molecule has 0 fully saturated rings. The molecule has 0 spiro atoms. The number of rotatable bonds is 1. The quantitative estimate of drug-likeness (QED) is 0.531. The van der Waals surface area contributed by atoms with E-state index in [-0.39, 0.29) is 0 Å². The molecule has 0 saturated carbocycles. The summed E-state index contributed by atoms with van der Waals surface area (Å²) in [5.74, 6) is 0. The summed E-state index contributed by atoms with van der Waals surface area (Å²) < 4.78 is 1.90. The van der Waals surface area contributed by atoms with Crippen molar-refractivity contribution in [3.05, 3.63) is 45.7 Å². The van der Waals surface area contributed by atoms with E-state index < -0.39 is 0 Å². The fraction of sp³-hybridized carbons (Fsp3) is 0.100. The van der Waals surface area contributed by atoms with Crippen LogP contribution in [0.4, 0.5) is 0 Å². The lowest BCUT2D eigenvalue weighted by molar-refractivity contribution is 1.58. The van der Waals surface area contributed by atoms with Gasteiger partial charge in [0.2, 0.25) is 0 Å². The molecule has 0 atom stereocenters. The second-order valence-corrected chi connectivity index (χ2v) is 2.87. The van der Waals surface area contributed by atoms with Crippen LogP contribution in [-0.4, -0.2) is 0 Å². The first kappa shape index (κ1) is 8.57. The van der Waals surface area contributed by atoms with E-state index in [2.05, 4.69) is 47.4 Å². The van der Waals surface area contributed by atoms with E-state index in [0.29, 0.717) is 0 Å². The first-order valence-corrected chi connectivity index (χ1v) is 4.66. The van der Waals surface area contributed by atoms with Crippen molar-refractivity contribution < 1.29 is 0 Å². The standard InChI is InChI=1S/C10H9I/c1-9(7-8-11)10-5-3-2-4-6-10/h2-6,8H,1H3. The highest BCUT2D eigenvalue weighted by atomic mass is 127. The Labute approximate surface area is 80.8 Å². The van der Waals surface area contributed by atoms with E-state index in [1.165, 1.54) is 11.1 Å². The predicted molar refractivity (Wildman–Crippen MR) is 57.6 cm³/mol. The van der Waals surface area contributed by atoms with Crippen LogP contribution in [-0.2, 0) is 0 Å². The second-order valence-electron chi connectivity index (χ2n) is 2.24. The SMILES string of the molecule is CC(=C=CI)c1ccccc1. The molecule has 1 rings (SSSR count). The normalized spacial score (nSPS) is 8.55. The molecule has 0 aromatic heterocycles. The van der Waals surface area contributed by atoms with E-state index in [4.69, 9.17) is 0 Å². The Morgan fingerprint density at radius 1 is 1.36 bits per heavy atom. The van der Waals surface area contributed by atoms with Gasteiger partial charge in [-0.2, -0.15) is 0 Å². The maximum atomic E-state index is 3.14. The van der Waals surface area contributed by atoms with Crippen LogP contribution >= 0.6 is 22.6 Å². The number of benzene rings is 1. The van der Waals surface area contributed by atoms with Crippen LogP contribution in [0, 0.1) is 0 Å². The number of hydrogen-bond donors (Lipinski definition) is 0. The highest BCUT2D eigenvalue weighted by molar-refractivity contribution is 14.1. The number of hydrogen-bond acceptors (Lipinski definition) is 0. The third-order valence-electron chi connectivity index (χ3n) is 1.48. The third-order valence-corrected chi connectivity index (χ3v) is 1.79. The first-order valence-electron chi connectivity index (χ1n) is 3.42. The highest BCUT2D eigenvalue weighted by Gasteiger charge is 1.89. The molecule has 0 bridgehead atoms. The van der Waals surface area contributed by atoms with E-state index in [0.717, 1.165) is 0 Å². The maximum Gasteiger partial charge on any atom is 0.0190 e. The molecule has 1 heteroatoms. The summed E-state index contributed by atoms with van der Waals surface area (Å²) >= 11 is 2.17. The largest absolute Gasteiger partial charge is 0.110 e. The molecule has 0 aliphatic rings. The maximum absolute atomic E-state index is 3.14. The lowest BCUT2D eigenvalue weighted by atomic mass is 10.1. The first-order chi connectivity index (χ1) is 5.34. The Balaban J connectivity index is 3.04. The number of allylic oxidation sites excluding steroid dienone is 1. The van der Waals surface area contributed by atoms with Gasteiger partial charge in [-0.3, -0.25) is 0 Å². The Kier molecular flexibility index (Phi) is 3.40. The Morgan fingerprint density at radius 2 is 2.00 bits per heavy atom. The smallest absolute Gasteiger partial charge is 0.0190 e. The zero-order valence-electron chi connectivity index (χ0n) is 6.34. The van der Waals surface area contributed by atoms with Gasteiger partial charge in [-0.05, 0) is 40.7 Å². The van der Waals surface area contributed by atoms with Gasteiger partial charge < -0.3 is 0 Å². The molecule has 0 radical (unpaired) electrons. The van der Waals surface area contributed by atoms with Gasteiger partial charge in [0.05, 0.1) is 0 Å². The molecular formula is C10H9I. The monoisotopic (exact) mass is 256 g/mol. The van der Waals surface area contributed by atoms with Crippen LogP contribution in [0.5, 0.6) is 0 Å². The topological polar surface area (TPSA) is 0 Å². The summed E-state index contributed by atoms with van der Waals surface area (Å²) in [6.07, 6.45) is 0. The molecule has 0 nitrogen and oxygen atoms in total. The molecule has 0 N–H and O–H groups in total. The van der Waals surface area contributed by atoms with Gasteiger partial charge >= 0.3 is 0 Å². The Morgan fingerprint density at radius 3 is 2.55 bits per heavy atom. The van der Waals surface area contributed by atoms with Crippen LogP contribution in [0.2, 0.25) is 0 Å². The molecule has 0 aliphatic heterocycles. The molecular weight excluding hydrogens is 247 g/mol. The minimum Gasteiger partial charge on any atom is -0.110 e. The van der Waals surface area contributed by atoms with Crippen molar-refractivity contribution in [3.8, 4) is 0 Å². The van der Waals surface area contributed by atoms with Gasteiger partial charge in [0.1, 0.15) is 0 Å². The Bertz CT molecular complexity index is 279. The molecule has 0 aliphatic carbocycles. The highest BCUT2D eigenvalue weighted by Crippen LogP contribution is 2.10. The molecule has 56 valence electrons. The van der Waals surface area contributed by atoms with E-state index in [1.807, 2.05) is 22.3 Å². The summed E-state index contributed by atoms with van der Waals surface area (Å²) in [5.41, 5.74) is 5.56. The van der Waals surface area contributed by atoms with Crippen LogP contribution in [0.1, 0.15) is 12.5 Å². The molecule has 0 heterocycles. The third kappa shape index (κ3) is 2.52. The van der Waals surface area contributed by atoms with Crippen LogP contribution in [0.15, 0.2) is 40.1 Å². The Hall–Kier alpha value is -0.530.